The van der Waals surface area contributed by atoms with Crippen LogP contribution < -0.4 is 11.0 Å². The first-order chi connectivity index (χ1) is 11.3. The second kappa shape index (κ2) is 7.42. The molecule has 0 bridgehead atoms. The summed E-state index contributed by atoms with van der Waals surface area (Å²) < 4.78 is 3.39. The molecule has 1 unspecified atom stereocenters. The fraction of sp³-hybridized carbons (Fsp3) is 0.444. The average Bonchev–Trinajstić information content (AvgIpc) is 2.93. The van der Waals surface area contributed by atoms with E-state index in [2.05, 4.69) is 10.4 Å². The normalized spacial score (nSPS) is 18.6. The Morgan fingerprint density at radius 3 is 2.87 bits per heavy atom. The summed E-state index contributed by atoms with van der Waals surface area (Å²) in [5.41, 5.74) is 1.12. The van der Waals surface area contributed by atoms with Crippen LogP contribution in [0, 0.1) is 0 Å². The fourth-order valence-corrected chi connectivity index (χ4v) is 3.10. The van der Waals surface area contributed by atoms with Gasteiger partial charge in [0.15, 0.2) is 0 Å². The lowest BCUT2D eigenvalue weighted by Crippen LogP contribution is -2.31. The smallest absolute Gasteiger partial charge is 0.316 e. The topological polar surface area (TPSA) is 51.9 Å². The third kappa shape index (κ3) is 3.62. The Labute approximate surface area is 136 Å². The molecule has 1 aliphatic rings. The maximum absolute atomic E-state index is 12.5. The lowest BCUT2D eigenvalue weighted by Gasteiger charge is -2.21. The van der Waals surface area contributed by atoms with Crippen molar-refractivity contribution in [1.82, 2.24) is 19.7 Å². The lowest BCUT2D eigenvalue weighted by molar-refractivity contribution is 0.431. The zero-order valence-electron chi connectivity index (χ0n) is 13.6. The third-order valence-electron chi connectivity index (χ3n) is 4.32. The molecule has 23 heavy (non-hydrogen) atoms. The van der Waals surface area contributed by atoms with Crippen molar-refractivity contribution >= 4 is 6.08 Å². The number of piperidine rings is 1. The fourth-order valence-electron chi connectivity index (χ4n) is 3.10. The molecule has 1 fully saturated rings. The number of allylic oxidation sites excluding steroid dienone is 1. The van der Waals surface area contributed by atoms with Gasteiger partial charge in [-0.3, -0.25) is 4.57 Å². The zero-order chi connectivity index (χ0) is 16.1. The molecule has 5 heteroatoms. The van der Waals surface area contributed by atoms with E-state index in [1.807, 2.05) is 54.0 Å². The number of rotatable bonds is 5. The average molecular weight is 312 g/mol. The van der Waals surface area contributed by atoms with Crippen molar-refractivity contribution < 1.29 is 0 Å². The molecule has 2 aromatic rings. The molecule has 1 saturated heterocycles. The monoisotopic (exact) mass is 312 g/mol. The van der Waals surface area contributed by atoms with Crippen LogP contribution in [0.3, 0.4) is 0 Å². The molecule has 1 aromatic heterocycles. The van der Waals surface area contributed by atoms with Crippen LogP contribution in [0.15, 0.2) is 41.2 Å². The minimum Gasteiger partial charge on any atom is -0.316 e. The summed E-state index contributed by atoms with van der Waals surface area (Å²) in [7, 11) is 0. The van der Waals surface area contributed by atoms with Crippen LogP contribution in [0.2, 0.25) is 0 Å². The predicted octanol–water partition coefficient (Wildman–Crippen LogP) is 2.25. The van der Waals surface area contributed by atoms with E-state index in [0.29, 0.717) is 19.0 Å². The van der Waals surface area contributed by atoms with Gasteiger partial charge < -0.3 is 5.32 Å². The summed E-state index contributed by atoms with van der Waals surface area (Å²) in [6.07, 6.45) is 6.26. The van der Waals surface area contributed by atoms with E-state index in [1.165, 1.54) is 0 Å². The highest BCUT2D eigenvalue weighted by Crippen LogP contribution is 2.20. The molecule has 2 heterocycles. The van der Waals surface area contributed by atoms with E-state index in [9.17, 15) is 4.79 Å². The number of benzene rings is 1. The minimum atomic E-state index is -0.00853. The van der Waals surface area contributed by atoms with Crippen LogP contribution in [0.5, 0.6) is 0 Å². The largest absolute Gasteiger partial charge is 0.346 e. The van der Waals surface area contributed by atoms with Gasteiger partial charge in [0.05, 0.1) is 6.54 Å². The second-order valence-electron chi connectivity index (χ2n) is 5.92. The van der Waals surface area contributed by atoms with Gasteiger partial charge in [0.2, 0.25) is 0 Å². The molecule has 5 nitrogen and oxygen atoms in total. The van der Waals surface area contributed by atoms with E-state index >= 15 is 0 Å². The van der Waals surface area contributed by atoms with Crippen molar-refractivity contribution in [1.29, 1.82) is 0 Å². The van der Waals surface area contributed by atoms with Gasteiger partial charge in [-0.25, -0.2) is 9.48 Å². The predicted molar refractivity (Wildman–Crippen MR) is 92.5 cm³/mol. The summed E-state index contributed by atoms with van der Waals surface area (Å²) in [6, 6.07) is 10.1. The van der Waals surface area contributed by atoms with Crippen molar-refractivity contribution in [2.75, 3.05) is 13.1 Å². The van der Waals surface area contributed by atoms with Crippen LogP contribution in [-0.4, -0.2) is 27.4 Å². The first kappa shape index (κ1) is 15.7. The standard InChI is InChI=1S/C18H24N4O/c1-2-21-17(16-11-6-12-19-14-16)20-22(18(21)23)13-7-10-15-8-4-3-5-9-15/h3-5,7-10,16,19H,2,6,11-14H2,1H3/b10-7+. The summed E-state index contributed by atoms with van der Waals surface area (Å²) in [5, 5.41) is 8.01. The van der Waals surface area contributed by atoms with Crippen molar-refractivity contribution in [3.63, 3.8) is 0 Å². The highest BCUT2D eigenvalue weighted by Gasteiger charge is 2.22. The van der Waals surface area contributed by atoms with Gasteiger partial charge in [-0.05, 0) is 31.9 Å². The molecule has 0 saturated carbocycles. The van der Waals surface area contributed by atoms with E-state index in [4.69, 9.17) is 0 Å². The Kier molecular flexibility index (Phi) is 5.08. The van der Waals surface area contributed by atoms with Gasteiger partial charge in [0.1, 0.15) is 5.82 Å². The number of nitrogens with one attached hydrogen (secondary N) is 1. The van der Waals surface area contributed by atoms with E-state index < -0.39 is 0 Å². The first-order valence-electron chi connectivity index (χ1n) is 8.39. The van der Waals surface area contributed by atoms with Crippen LogP contribution in [0.1, 0.15) is 37.1 Å². The summed E-state index contributed by atoms with van der Waals surface area (Å²) in [5.74, 6) is 1.27. The summed E-state index contributed by atoms with van der Waals surface area (Å²) >= 11 is 0. The minimum absolute atomic E-state index is 0.00853. The molecular weight excluding hydrogens is 288 g/mol. The van der Waals surface area contributed by atoms with Gasteiger partial charge in [-0.1, -0.05) is 42.5 Å². The van der Waals surface area contributed by atoms with E-state index in [0.717, 1.165) is 37.3 Å². The van der Waals surface area contributed by atoms with Crippen molar-refractivity contribution in [3.05, 3.63) is 58.3 Å². The molecule has 122 valence electrons. The van der Waals surface area contributed by atoms with Crippen molar-refractivity contribution in [2.24, 2.45) is 0 Å². The molecule has 0 radical (unpaired) electrons. The molecule has 1 N–H and O–H groups in total. The molecular formula is C18H24N4O. The van der Waals surface area contributed by atoms with Gasteiger partial charge >= 0.3 is 5.69 Å². The Hall–Kier alpha value is -2.14. The van der Waals surface area contributed by atoms with Crippen LogP contribution in [-0.2, 0) is 13.1 Å². The van der Waals surface area contributed by atoms with Crippen molar-refractivity contribution in [2.45, 2.75) is 38.8 Å². The Balaban J connectivity index is 1.78. The zero-order valence-corrected chi connectivity index (χ0v) is 13.6. The first-order valence-corrected chi connectivity index (χ1v) is 8.39. The Morgan fingerprint density at radius 1 is 1.35 bits per heavy atom. The summed E-state index contributed by atoms with van der Waals surface area (Å²) in [4.78, 5) is 12.5. The number of nitrogens with zero attached hydrogens (tertiary/aromatic N) is 3. The summed E-state index contributed by atoms with van der Waals surface area (Å²) in [6.45, 7) is 5.16. The van der Waals surface area contributed by atoms with Gasteiger partial charge in [-0.2, -0.15) is 5.10 Å². The second-order valence-corrected chi connectivity index (χ2v) is 5.92. The number of hydrogen-bond donors (Lipinski definition) is 1. The van der Waals surface area contributed by atoms with Crippen LogP contribution in [0.4, 0.5) is 0 Å². The molecule has 1 aromatic carbocycles. The maximum atomic E-state index is 12.5. The van der Waals surface area contributed by atoms with E-state index in [-0.39, 0.29) is 5.69 Å². The van der Waals surface area contributed by atoms with Gasteiger partial charge in [0.25, 0.3) is 0 Å². The molecule has 1 atom stereocenters. The quantitative estimate of drug-likeness (QED) is 0.921. The number of hydrogen-bond acceptors (Lipinski definition) is 3. The number of aromatic nitrogens is 3. The Bertz CT molecular complexity index is 708. The third-order valence-corrected chi connectivity index (χ3v) is 4.32. The van der Waals surface area contributed by atoms with Gasteiger partial charge in [0, 0.05) is 19.0 Å². The SMILES string of the molecule is CCn1c(C2CCCNC2)nn(C/C=C/c2ccccc2)c1=O. The molecule has 0 aliphatic carbocycles. The molecule has 3 rings (SSSR count). The van der Waals surface area contributed by atoms with Crippen molar-refractivity contribution in [3.8, 4) is 0 Å². The lowest BCUT2D eigenvalue weighted by atomic mass is 9.99. The Morgan fingerprint density at radius 2 is 2.17 bits per heavy atom. The van der Waals surface area contributed by atoms with Crippen LogP contribution in [0.25, 0.3) is 6.08 Å². The van der Waals surface area contributed by atoms with Gasteiger partial charge in [-0.15, -0.1) is 0 Å². The van der Waals surface area contributed by atoms with E-state index in [1.54, 1.807) is 4.68 Å². The highest BCUT2D eigenvalue weighted by molar-refractivity contribution is 5.48. The maximum Gasteiger partial charge on any atom is 0.346 e. The molecule has 0 amide bonds. The molecule has 1 aliphatic heterocycles. The van der Waals surface area contributed by atoms with Crippen LogP contribution >= 0.6 is 0 Å². The highest BCUT2D eigenvalue weighted by atomic mass is 16.2. The molecule has 0 spiro atoms.